The number of nitrogens with zero attached hydrogens (tertiary/aromatic N) is 4. The number of aromatic nitrogens is 2. The predicted octanol–water partition coefficient (Wildman–Crippen LogP) is 0.867. The maximum absolute atomic E-state index is 11.9. The molecule has 0 saturated carbocycles. The summed E-state index contributed by atoms with van der Waals surface area (Å²) in [5.74, 6) is -0.708. The number of anilines is 1. The summed E-state index contributed by atoms with van der Waals surface area (Å²) in [7, 11) is 0. The Morgan fingerprint density at radius 3 is 2.23 bits per heavy atom. The van der Waals surface area contributed by atoms with Crippen molar-refractivity contribution in [3.05, 3.63) is 49.0 Å². The van der Waals surface area contributed by atoms with Crippen molar-refractivity contribution >= 4 is 33.8 Å². The number of nitro groups is 2. The zero-order valence-electron chi connectivity index (χ0n) is 10.8. The van der Waals surface area contributed by atoms with Crippen LogP contribution >= 0.6 is 11.3 Å². The summed E-state index contributed by atoms with van der Waals surface area (Å²) in [6, 6.07) is 2.69. The van der Waals surface area contributed by atoms with Crippen LogP contribution in [0.2, 0.25) is 0 Å². The largest absolute Gasteiger partial charge is 0.374 e. The van der Waals surface area contributed by atoms with Gasteiger partial charge in [0.2, 0.25) is 5.13 Å². The second kappa shape index (κ2) is 6.09. The molecule has 22 heavy (non-hydrogen) atoms. The van der Waals surface area contributed by atoms with Crippen LogP contribution in [0.3, 0.4) is 0 Å². The van der Waals surface area contributed by atoms with E-state index in [2.05, 4.69) is 15.5 Å². The number of carbonyl (C=O) groups is 1. The van der Waals surface area contributed by atoms with Gasteiger partial charge in [-0.25, -0.2) is 0 Å². The molecule has 0 spiro atoms. The smallest absolute Gasteiger partial charge is 0.277 e. The van der Waals surface area contributed by atoms with Gasteiger partial charge in [-0.15, -0.1) is 10.2 Å². The Bertz CT molecular complexity index is 728. The molecule has 0 bridgehead atoms. The fourth-order valence-electron chi connectivity index (χ4n) is 1.53. The third-order valence-electron chi connectivity index (χ3n) is 2.47. The third kappa shape index (κ3) is 3.49. The Balaban J connectivity index is 2.20. The Morgan fingerprint density at radius 2 is 1.77 bits per heavy atom. The lowest BCUT2D eigenvalue weighted by molar-refractivity contribution is -0.394. The van der Waals surface area contributed by atoms with Crippen LogP contribution in [0.15, 0.2) is 18.2 Å². The Hall–Kier alpha value is -3.15. The van der Waals surface area contributed by atoms with E-state index in [0.29, 0.717) is 5.01 Å². The number of hydrogen-bond donors (Lipinski definition) is 2. The number of nitrogens with one attached hydrogen (secondary N) is 1. The topological polar surface area (TPSA) is 167 Å². The zero-order valence-corrected chi connectivity index (χ0v) is 11.6. The van der Waals surface area contributed by atoms with Crippen molar-refractivity contribution < 1.29 is 14.6 Å². The van der Waals surface area contributed by atoms with Gasteiger partial charge in [0.1, 0.15) is 5.01 Å². The quantitative estimate of drug-likeness (QED) is 0.603. The zero-order chi connectivity index (χ0) is 16.3. The number of non-ortho nitro benzene ring substituents is 2. The van der Waals surface area contributed by atoms with Crippen molar-refractivity contribution in [3.63, 3.8) is 0 Å². The maximum Gasteiger partial charge on any atom is 0.277 e. The highest BCUT2D eigenvalue weighted by Crippen LogP contribution is 2.22. The molecule has 2 aromatic rings. The summed E-state index contributed by atoms with van der Waals surface area (Å²) in [6.45, 7) is 0.00416. The SMILES string of the molecule is Nc1nnc(CNC(=O)c2cc([N+](=O)[O-])cc([N+](=O)[O-])c2)s1. The van der Waals surface area contributed by atoms with E-state index >= 15 is 0 Å². The number of rotatable bonds is 5. The number of carbonyl (C=O) groups excluding carboxylic acids is 1. The van der Waals surface area contributed by atoms with E-state index in [1.54, 1.807) is 0 Å². The first-order valence-corrected chi connectivity index (χ1v) is 6.48. The van der Waals surface area contributed by atoms with Gasteiger partial charge in [0, 0.05) is 12.1 Å². The minimum atomic E-state index is -0.810. The molecule has 2 rings (SSSR count). The van der Waals surface area contributed by atoms with E-state index in [0.717, 1.165) is 29.5 Å². The van der Waals surface area contributed by atoms with E-state index in [-0.39, 0.29) is 17.2 Å². The molecule has 1 amide bonds. The summed E-state index contributed by atoms with van der Waals surface area (Å²) in [5, 5.41) is 31.8. The van der Waals surface area contributed by atoms with Gasteiger partial charge in [-0.2, -0.15) is 0 Å². The molecule has 1 heterocycles. The van der Waals surface area contributed by atoms with E-state index in [9.17, 15) is 25.0 Å². The lowest BCUT2D eigenvalue weighted by Gasteiger charge is -2.03. The van der Waals surface area contributed by atoms with E-state index < -0.39 is 27.1 Å². The molecule has 0 aliphatic rings. The highest BCUT2D eigenvalue weighted by molar-refractivity contribution is 7.15. The standard InChI is InChI=1S/C10H8N6O5S/c11-10-14-13-8(22-10)4-12-9(17)5-1-6(15(18)19)3-7(2-5)16(20)21/h1-3H,4H2,(H2,11,14)(H,12,17). The summed E-state index contributed by atoms with van der Waals surface area (Å²) >= 11 is 1.07. The fourth-order valence-corrected chi connectivity index (χ4v) is 2.08. The molecular weight excluding hydrogens is 316 g/mol. The average molecular weight is 324 g/mol. The molecule has 1 aromatic heterocycles. The van der Waals surface area contributed by atoms with E-state index in [1.165, 1.54) is 0 Å². The minimum Gasteiger partial charge on any atom is -0.374 e. The molecular formula is C10H8N6O5S. The van der Waals surface area contributed by atoms with Crippen LogP contribution in [0.4, 0.5) is 16.5 Å². The van der Waals surface area contributed by atoms with Gasteiger partial charge < -0.3 is 11.1 Å². The van der Waals surface area contributed by atoms with Crippen LogP contribution in [-0.2, 0) is 6.54 Å². The Morgan fingerprint density at radius 1 is 1.18 bits per heavy atom. The van der Waals surface area contributed by atoms with Crippen molar-refractivity contribution in [2.45, 2.75) is 6.54 Å². The van der Waals surface area contributed by atoms with Crippen LogP contribution in [-0.4, -0.2) is 26.0 Å². The average Bonchev–Trinajstić information content (AvgIpc) is 2.89. The normalized spacial score (nSPS) is 10.2. The molecule has 12 heteroatoms. The van der Waals surface area contributed by atoms with Crippen molar-refractivity contribution in [3.8, 4) is 0 Å². The lowest BCUT2D eigenvalue weighted by atomic mass is 10.1. The monoisotopic (exact) mass is 324 g/mol. The first-order chi connectivity index (χ1) is 10.4. The first kappa shape index (κ1) is 15.2. The molecule has 11 nitrogen and oxygen atoms in total. The second-order valence-electron chi connectivity index (χ2n) is 3.97. The van der Waals surface area contributed by atoms with E-state index in [1.807, 2.05) is 0 Å². The third-order valence-corrected chi connectivity index (χ3v) is 3.22. The molecule has 0 saturated heterocycles. The van der Waals surface area contributed by atoms with Gasteiger partial charge in [-0.05, 0) is 0 Å². The first-order valence-electron chi connectivity index (χ1n) is 5.66. The molecule has 3 N–H and O–H groups in total. The Kier molecular flexibility index (Phi) is 4.22. The van der Waals surface area contributed by atoms with Gasteiger partial charge >= 0.3 is 0 Å². The van der Waals surface area contributed by atoms with Crippen LogP contribution in [0.25, 0.3) is 0 Å². The van der Waals surface area contributed by atoms with Crippen molar-refractivity contribution in [1.29, 1.82) is 0 Å². The van der Waals surface area contributed by atoms with Gasteiger partial charge in [0.25, 0.3) is 17.3 Å². The molecule has 0 aliphatic heterocycles. The lowest BCUT2D eigenvalue weighted by Crippen LogP contribution is -2.23. The molecule has 0 radical (unpaired) electrons. The van der Waals surface area contributed by atoms with E-state index in [4.69, 9.17) is 5.73 Å². The number of nitrogen functional groups attached to an aromatic ring is 1. The number of amides is 1. The number of nitrogens with two attached hydrogens (primary N) is 1. The fraction of sp³-hybridized carbons (Fsp3) is 0.100. The van der Waals surface area contributed by atoms with Gasteiger partial charge in [-0.3, -0.25) is 25.0 Å². The molecule has 0 unspecified atom stereocenters. The van der Waals surface area contributed by atoms with Gasteiger partial charge in [-0.1, -0.05) is 11.3 Å². The minimum absolute atomic E-state index is 0.00416. The maximum atomic E-state index is 11.9. The summed E-state index contributed by atoms with van der Waals surface area (Å²) in [5.41, 5.74) is 4.10. The van der Waals surface area contributed by atoms with Crippen LogP contribution in [0, 0.1) is 20.2 Å². The summed E-state index contributed by atoms with van der Waals surface area (Å²) in [6.07, 6.45) is 0. The highest BCUT2D eigenvalue weighted by Gasteiger charge is 2.19. The van der Waals surface area contributed by atoms with Crippen LogP contribution in [0.1, 0.15) is 15.4 Å². The molecule has 1 aromatic carbocycles. The molecule has 0 fully saturated rings. The summed E-state index contributed by atoms with van der Waals surface area (Å²) < 4.78 is 0. The molecule has 0 atom stereocenters. The van der Waals surface area contributed by atoms with Crippen molar-refractivity contribution in [2.24, 2.45) is 0 Å². The second-order valence-corrected chi connectivity index (χ2v) is 5.06. The molecule has 114 valence electrons. The van der Waals surface area contributed by atoms with Crippen LogP contribution < -0.4 is 11.1 Å². The van der Waals surface area contributed by atoms with Crippen molar-refractivity contribution in [2.75, 3.05) is 5.73 Å². The Labute approximate surface area is 126 Å². The van der Waals surface area contributed by atoms with Crippen molar-refractivity contribution in [1.82, 2.24) is 15.5 Å². The molecule has 0 aliphatic carbocycles. The van der Waals surface area contributed by atoms with Gasteiger partial charge in [0.05, 0.1) is 28.0 Å². The van der Waals surface area contributed by atoms with Crippen LogP contribution in [0.5, 0.6) is 0 Å². The number of nitro benzene ring substituents is 2. The summed E-state index contributed by atoms with van der Waals surface area (Å²) in [4.78, 5) is 31.8. The number of hydrogen-bond acceptors (Lipinski definition) is 9. The highest BCUT2D eigenvalue weighted by atomic mass is 32.1. The van der Waals surface area contributed by atoms with Gasteiger partial charge in [0.15, 0.2) is 0 Å². The predicted molar refractivity (Wildman–Crippen MR) is 75.2 cm³/mol. The number of benzene rings is 1.